The van der Waals surface area contributed by atoms with E-state index in [9.17, 15) is 4.79 Å². The van der Waals surface area contributed by atoms with Crippen molar-refractivity contribution in [1.29, 1.82) is 0 Å². The third-order valence-corrected chi connectivity index (χ3v) is 2.42. The van der Waals surface area contributed by atoms with Crippen molar-refractivity contribution in [2.75, 3.05) is 13.2 Å². The lowest BCUT2D eigenvalue weighted by Crippen LogP contribution is -2.13. The summed E-state index contributed by atoms with van der Waals surface area (Å²) >= 11 is 5.74. The molecule has 0 radical (unpaired) electrons. The lowest BCUT2D eigenvalue weighted by Gasteiger charge is -2.06. The Morgan fingerprint density at radius 2 is 1.95 bits per heavy atom. The van der Waals surface area contributed by atoms with Crippen molar-refractivity contribution in [2.45, 2.75) is 0 Å². The summed E-state index contributed by atoms with van der Waals surface area (Å²) in [6.45, 7) is 0.395. The molecule has 0 aliphatic carbocycles. The number of hydrogen-bond donors (Lipinski definition) is 0. The highest BCUT2D eigenvalue weighted by molar-refractivity contribution is 6.30. The van der Waals surface area contributed by atoms with Gasteiger partial charge in [-0.05, 0) is 24.3 Å². The maximum atomic E-state index is 11.5. The second-order valence-corrected chi connectivity index (χ2v) is 3.97. The number of carbonyl (C=O) groups excluding carboxylic acids is 1. The predicted molar refractivity (Wildman–Crippen MR) is 69.3 cm³/mol. The van der Waals surface area contributed by atoms with Crippen LogP contribution in [-0.4, -0.2) is 29.2 Å². The first-order valence-corrected chi connectivity index (χ1v) is 5.95. The van der Waals surface area contributed by atoms with Crippen molar-refractivity contribution in [3.05, 3.63) is 53.6 Å². The number of carbonyl (C=O) groups is 1. The molecule has 19 heavy (non-hydrogen) atoms. The van der Waals surface area contributed by atoms with Crippen molar-refractivity contribution in [3.8, 4) is 5.75 Å². The number of halogens is 1. The van der Waals surface area contributed by atoms with Gasteiger partial charge in [0.25, 0.3) is 0 Å². The molecule has 98 valence electrons. The van der Waals surface area contributed by atoms with Gasteiger partial charge in [0.1, 0.15) is 19.0 Å². The first kappa shape index (κ1) is 13.3. The summed E-state index contributed by atoms with van der Waals surface area (Å²) in [5.41, 5.74) is 0.175. The van der Waals surface area contributed by atoms with E-state index in [1.54, 1.807) is 24.3 Å². The fraction of sp³-hybridized carbons (Fsp3) is 0.154. The number of ether oxygens (including phenoxy) is 2. The second kappa shape index (κ2) is 6.70. The van der Waals surface area contributed by atoms with E-state index < -0.39 is 5.97 Å². The van der Waals surface area contributed by atoms with Gasteiger partial charge in [0, 0.05) is 17.4 Å². The minimum Gasteiger partial charge on any atom is -0.490 e. The van der Waals surface area contributed by atoms with E-state index in [2.05, 4.69) is 9.97 Å². The minimum absolute atomic E-state index is 0.137. The van der Waals surface area contributed by atoms with Gasteiger partial charge in [-0.1, -0.05) is 11.6 Å². The zero-order chi connectivity index (χ0) is 13.5. The largest absolute Gasteiger partial charge is 0.490 e. The highest BCUT2D eigenvalue weighted by Gasteiger charge is 2.07. The number of benzene rings is 1. The van der Waals surface area contributed by atoms with Crippen molar-refractivity contribution in [2.24, 2.45) is 0 Å². The molecule has 0 fully saturated rings. The molecule has 0 spiro atoms. The zero-order valence-corrected chi connectivity index (χ0v) is 10.7. The Morgan fingerprint density at radius 1 is 1.16 bits per heavy atom. The van der Waals surface area contributed by atoms with Crippen molar-refractivity contribution in [1.82, 2.24) is 9.97 Å². The highest BCUT2D eigenvalue weighted by atomic mass is 35.5. The fourth-order valence-corrected chi connectivity index (χ4v) is 1.43. The maximum Gasteiger partial charge on any atom is 0.358 e. The van der Waals surface area contributed by atoms with Gasteiger partial charge in [0.2, 0.25) is 0 Å². The Labute approximate surface area is 115 Å². The number of esters is 1. The molecule has 6 heteroatoms. The van der Waals surface area contributed by atoms with E-state index in [1.807, 2.05) is 0 Å². The lowest BCUT2D eigenvalue weighted by molar-refractivity contribution is 0.0443. The van der Waals surface area contributed by atoms with Gasteiger partial charge < -0.3 is 9.47 Å². The van der Waals surface area contributed by atoms with Crippen LogP contribution in [0.3, 0.4) is 0 Å². The standard InChI is InChI=1S/C13H11ClN2O3/c14-10-1-3-11(4-2-10)18-7-8-19-13(17)12-9-15-5-6-16-12/h1-6,9H,7-8H2. The Bertz CT molecular complexity index is 531. The van der Waals surface area contributed by atoms with Gasteiger partial charge in [-0.3, -0.25) is 4.98 Å². The van der Waals surface area contributed by atoms with Crippen LogP contribution in [0.4, 0.5) is 0 Å². The van der Waals surface area contributed by atoms with Crippen LogP contribution >= 0.6 is 11.6 Å². The van der Waals surface area contributed by atoms with Gasteiger partial charge in [-0.2, -0.15) is 0 Å². The summed E-state index contributed by atoms with van der Waals surface area (Å²) in [6, 6.07) is 6.94. The molecule has 1 aromatic heterocycles. The smallest absolute Gasteiger partial charge is 0.358 e. The summed E-state index contributed by atoms with van der Waals surface area (Å²) in [5.74, 6) is 0.146. The summed E-state index contributed by atoms with van der Waals surface area (Å²) in [6.07, 6.45) is 4.27. The zero-order valence-electron chi connectivity index (χ0n) is 9.95. The molecule has 0 bridgehead atoms. The Balaban J connectivity index is 1.72. The Hall–Kier alpha value is -2.14. The number of aromatic nitrogens is 2. The maximum absolute atomic E-state index is 11.5. The predicted octanol–water partition coefficient (Wildman–Crippen LogP) is 2.37. The average molecular weight is 279 g/mol. The van der Waals surface area contributed by atoms with Crippen LogP contribution in [0.1, 0.15) is 10.5 Å². The molecule has 0 saturated carbocycles. The van der Waals surface area contributed by atoms with Gasteiger partial charge >= 0.3 is 5.97 Å². The van der Waals surface area contributed by atoms with Crippen LogP contribution < -0.4 is 4.74 Å². The molecule has 1 aromatic carbocycles. The lowest BCUT2D eigenvalue weighted by atomic mass is 10.3. The van der Waals surface area contributed by atoms with E-state index in [4.69, 9.17) is 21.1 Å². The normalized spacial score (nSPS) is 9.95. The first-order chi connectivity index (χ1) is 9.25. The Kier molecular flexibility index (Phi) is 4.69. The van der Waals surface area contributed by atoms with Crippen LogP contribution in [-0.2, 0) is 4.74 Å². The van der Waals surface area contributed by atoms with E-state index >= 15 is 0 Å². The van der Waals surface area contributed by atoms with Gasteiger partial charge in [-0.15, -0.1) is 0 Å². The summed E-state index contributed by atoms with van der Waals surface area (Å²) in [7, 11) is 0. The van der Waals surface area contributed by atoms with Gasteiger partial charge in [-0.25, -0.2) is 9.78 Å². The number of rotatable bonds is 5. The molecule has 2 aromatic rings. The molecule has 1 heterocycles. The molecule has 2 rings (SSSR count). The highest BCUT2D eigenvalue weighted by Crippen LogP contribution is 2.15. The van der Waals surface area contributed by atoms with E-state index in [-0.39, 0.29) is 18.9 Å². The summed E-state index contributed by atoms with van der Waals surface area (Å²) in [5, 5.41) is 0.640. The third-order valence-electron chi connectivity index (χ3n) is 2.17. The SMILES string of the molecule is O=C(OCCOc1ccc(Cl)cc1)c1cnccn1. The van der Waals surface area contributed by atoms with E-state index in [0.29, 0.717) is 10.8 Å². The molecule has 0 aliphatic heterocycles. The van der Waals surface area contributed by atoms with Crippen LogP contribution in [0.5, 0.6) is 5.75 Å². The van der Waals surface area contributed by atoms with Crippen molar-refractivity contribution in [3.63, 3.8) is 0 Å². The topological polar surface area (TPSA) is 61.3 Å². The molecule has 0 saturated heterocycles. The van der Waals surface area contributed by atoms with Crippen LogP contribution in [0.25, 0.3) is 0 Å². The fourth-order valence-electron chi connectivity index (χ4n) is 1.30. The summed E-state index contributed by atoms with van der Waals surface area (Å²) in [4.78, 5) is 19.1. The minimum atomic E-state index is -0.521. The number of hydrogen-bond acceptors (Lipinski definition) is 5. The van der Waals surface area contributed by atoms with Crippen molar-refractivity contribution < 1.29 is 14.3 Å². The molecular weight excluding hydrogens is 268 g/mol. The summed E-state index contributed by atoms with van der Waals surface area (Å²) < 4.78 is 10.4. The quantitative estimate of drug-likeness (QED) is 0.621. The molecule has 0 unspecified atom stereocenters. The molecule has 0 aliphatic rings. The van der Waals surface area contributed by atoms with Gasteiger partial charge in [0.15, 0.2) is 5.69 Å². The molecule has 5 nitrogen and oxygen atoms in total. The molecule has 0 amide bonds. The van der Waals surface area contributed by atoms with Crippen molar-refractivity contribution >= 4 is 17.6 Å². The molecule has 0 atom stereocenters. The van der Waals surface area contributed by atoms with Crippen LogP contribution in [0.2, 0.25) is 5.02 Å². The number of nitrogens with zero attached hydrogens (tertiary/aromatic N) is 2. The molecular formula is C13H11ClN2O3. The third kappa shape index (κ3) is 4.22. The average Bonchev–Trinajstić information content (AvgIpc) is 2.46. The van der Waals surface area contributed by atoms with Gasteiger partial charge in [0.05, 0.1) is 6.20 Å². The first-order valence-electron chi connectivity index (χ1n) is 5.57. The van der Waals surface area contributed by atoms with Crippen LogP contribution in [0.15, 0.2) is 42.9 Å². The van der Waals surface area contributed by atoms with E-state index in [1.165, 1.54) is 18.6 Å². The van der Waals surface area contributed by atoms with E-state index in [0.717, 1.165) is 0 Å². The van der Waals surface area contributed by atoms with Crippen LogP contribution in [0, 0.1) is 0 Å². The monoisotopic (exact) mass is 278 g/mol. The second-order valence-electron chi connectivity index (χ2n) is 3.53. The molecule has 0 N–H and O–H groups in total. The Morgan fingerprint density at radius 3 is 2.63 bits per heavy atom.